The van der Waals surface area contributed by atoms with Crippen molar-refractivity contribution < 1.29 is 9.59 Å². The Balaban J connectivity index is 1.64. The van der Waals surface area contributed by atoms with E-state index in [1.807, 2.05) is 26.0 Å². The van der Waals surface area contributed by atoms with Gasteiger partial charge >= 0.3 is 0 Å². The Kier molecular flexibility index (Phi) is 4.39. The van der Waals surface area contributed by atoms with Crippen LogP contribution in [0.1, 0.15) is 43.5 Å². The van der Waals surface area contributed by atoms with Gasteiger partial charge in [-0.2, -0.15) is 0 Å². The zero-order valence-corrected chi connectivity index (χ0v) is 13.9. The molecule has 3 heterocycles. The van der Waals surface area contributed by atoms with Crippen molar-refractivity contribution in [3.05, 3.63) is 29.8 Å². The van der Waals surface area contributed by atoms with Crippen molar-refractivity contribution in [2.75, 3.05) is 25.0 Å². The molecule has 0 radical (unpaired) electrons. The Morgan fingerprint density at radius 2 is 1.61 bits per heavy atom. The maximum absolute atomic E-state index is 12.7. The van der Waals surface area contributed by atoms with Crippen LogP contribution in [0.15, 0.2) is 24.3 Å². The lowest BCUT2D eigenvalue weighted by Gasteiger charge is -2.47. The van der Waals surface area contributed by atoms with Gasteiger partial charge in [0, 0.05) is 17.3 Å². The molecule has 0 saturated carbocycles. The van der Waals surface area contributed by atoms with Crippen molar-refractivity contribution in [3.8, 4) is 0 Å². The van der Waals surface area contributed by atoms with Crippen molar-refractivity contribution in [1.29, 1.82) is 0 Å². The number of carbonyl (C=O) groups is 2. The molecule has 0 atom stereocenters. The van der Waals surface area contributed by atoms with Crippen LogP contribution in [0.3, 0.4) is 0 Å². The zero-order chi connectivity index (χ0) is 16.4. The van der Waals surface area contributed by atoms with Gasteiger partial charge in [0.2, 0.25) is 5.91 Å². The number of fused-ring (bicyclic) bond motifs is 3. The van der Waals surface area contributed by atoms with Crippen LogP contribution in [-0.2, 0) is 4.79 Å². The number of hydrogen-bond donors (Lipinski definition) is 2. The second-order valence-electron chi connectivity index (χ2n) is 7.03. The van der Waals surface area contributed by atoms with E-state index in [9.17, 15) is 9.59 Å². The van der Waals surface area contributed by atoms with Gasteiger partial charge in [0.15, 0.2) is 0 Å². The molecule has 3 saturated heterocycles. The average Bonchev–Trinajstić information content (AvgIpc) is 2.56. The molecule has 2 bridgehead atoms. The predicted octanol–water partition coefficient (Wildman–Crippen LogP) is 2.25. The SMILES string of the molecule is CC(C)NC(=O)c1ccc(NC(=O)C23CCN(CC2)CC3)cc1. The molecular formula is C18H25N3O2. The van der Waals surface area contributed by atoms with Crippen molar-refractivity contribution in [1.82, 2.24) is 10.2 Å². The number of nitrogens with zero attached hydrogens (tertiary/aromatic N) is 1. The number of hydrogen-bond acceptors (Lipinski definition) is 3. The van der Waals surface area contributed by atoms with E-state index in [4.69, 9.17) is 0 Å². The van der Waals surface area contributed by atoms with Crippen molar-refractivity contribution in [2.45, 2.75) is 39.2 Å². The van der Waals surface area contributed by atoms with Gasteiger partial charge in [0.25, 0.3) is 5.91 Å². The molecule has 0 aliphatic carbocycles. The molecule has 0 unspecified atom stereocenters. The molecular weight excluding hydrogens is 290 g/mol. The number of rotatable bonds is 4. The summed E-state index contributed by atoms with van der Waals surface area (Å²) >= 11 is 0. The lowest BCUT2D eigenvalue weighted by molar-refractivity contribution is -0.132. The first-order valence-electron chi connectivity index (χ1n) is 8.43. The van der Waals surface area contributed by atoms with E-state index in [1.54, 1.807) is 12.1 Å². The number of amides is 2. The Morgan fingerprint density at radius 1 is 1.04 bits per heavy atom. The third kappa shape index (κ3) is 3.39. The van der Waals surface area contributed by atoms with Crippen LogP contribution in [-0.4, -0.2) is 42.4 Å². The Hall–Kier alpha value is -1.88. The summed E-state index contributed by atoms with van der Waals surface area (Å²) in [5.41, 5.74) is 1.18. The van der Waals surface area contributed by atoms with Crippen molar-refractivity contribution in [3.63, 3.8) is 0 Å². The molecule has 1 aromatic carbocycles. The fourth-order valence-corrected chi connectivity index (χ4v) is 3.48. The quantitative estimate of drug-likeness (QED) is 0.896. The summed E-state index contributed by atoms with van der Waals surface area (Å²) in [6.07, 6.45) is 2.86. The van der Waals surface area contributed by atoms with E-state index in [-0.39, 0.29) is 23.3 Å². The number of nitrogens with one attached hydrogen (secondary N) is 2. The van der Waals surface area contributed by atoms with Crippen LogP contribution in [0.25, 0.3) is 0 Å². The fraction of sp³-hybridized carbons (Fsp3) is 0.556. The van der Waals surface area contributed by atoms with Crippen molar-refractivity contribution in [2.24, 2.45) is 5.41 Å². The predicted molar refractivity (Wildman–Crippen MR) is 90.4 cm³/mol. The third-order valence-electron chi connectivity index (χ3n) is 5.03. The summed E-state index contributed by atoms with van der Waals surface area (Å²) in [6, 6.07) is 7.24. The fourth-order valence-electron chi connectivity index (χ4n) is 3.48. The second-order valence-corrected chi connectivity index (χ2v) is 7.03. The van der Waals surface area contributed by atoms with E-state index in [0.717, 1.165) is 44.6 Å². The summed E-state index contributed by atoms with van der Waals surface area (Å²) in [6.45, 7) is 6.95. The van der Waals surface area contributed by atoms with Gasteiger partial charge in [0.05, 0.1) is 5.41 Å². The minimum Gasteiger partial charge on any atom is -0.350 e. The molecule has 3 aliphatic heterocycles. The van der Waals surface area contributed by atoms with E-state index in [2.05, 4.69) is 15.5 Å². The smallest absolute Gasteiger partial charge is 0.251 e. The second kappa shape index (κ2) is 6.32. The highest BCUT2D eigenvalue weighted by Crippen LogP contribution is 2.40. The number of anilines is 1. The molecule has 3 fully saturated rings. The molecule has 124 valence electrons. The molecule has 5 nitrogen and oxygen atoms in total. The van der Waals surface area contributed by atoms with E-state index >= 15 is 0 Å². The summed E-state index contributed by atoms with van der Waals surface area (Å²) in [5.74, 6) is 0.0485. The van der Waals surface area contributed by atoms with Crippen LogP contribution in [0, 0.1) is 5.41 Å². The van der Waals surface area contributed by atoms with Crippen LogP contribution < -0.4 is 10.6 Å². The molecule has 4 rings (SSSR count). The van der Waals surface area contributed by atoms with E-state index in [1.165, 1.54) is 0 Å². The molecule has 0 aromatic heterocycles. The average molecular weight is 315 g/mol. The highest BCUT2D eigenvalue weighted by molar-refractivity contribution is 5.97. The molecule has 0 spiro atoms. The van der Waals surface area contributed by atoms with Gasteiger partial charge in [-0.1, -0.05) is 0 Å². The Bertz CT molecular complexity index is 573. The van der Waals surface area contributed by atoms with Gasteiger partial charge in [0.1, 0.15) is 0 Å². The largest absolute Gasteiger partial charge is 0.350 e. The first kappa shape index (κ1) is 16.0. The first-order chi connectivity index (χ1) is 11.0. The molecule has 2 amide bonds. The summed E-state index contributed by atoms with van der Waals surface area (Å²) in [4.78, 5) is 27.1. The van der Waals surface area contributed by atoms with Gasteiger partial charge < -0.3 is 15.5 Å². The van der Waals surface area contributed by atoms with Crippen LogP contribution >= 0.6 is 0 Å². The van der Waals surface area contributed by atoms with Crippen molar-refractivity contribution >= 4 is 17.5 Å². The minimum atomic E-state index is -0.192. The topological polar surface area (TPSA) is 61.4 Å². The standard InChI is InChI=1S/C18H25N3O2/c1-13(2)19-16(22)14-3-5-15(6-4-14)20-17(23)18-7-10-21(11-8-18)12-9-18/h3-6,13H,7-12H2,1-2H3,(H,19,22)(H,20,23). The number of carbonyl (C=O) groups excluding carboxylic acids is 2. The van der Waals surface area contributed by atoms with Gasteiger partial charge in [-0.25, -0.2) is 0 Å². The van der Waals surface area contributed by atoms with Gasteiger partial charge in [-0.3, -0.25) is 9.59 Å². The highest BCUT2D eigenvalue weighted by atomic mass is 16.2. The lowest BCUT2D eigenvalue weighted by Crippen LogP contribution is -2.53. The normalized spacial score (nSPS) is 26.1. The molecule has 5 heteroatoms. The maximum atomic E-state index is 12.7. The van der Waals surface area contributed by atoms with Gasteiger partial charge in [-0.15, -0.1) is 0 Å². The maximum Gasteiger partial charge on any atom is 0.251 e. The van der Waals surface area contributed by atoms with Crippen LogP contribution in [0.4, 0.5) is 5.69 Å². The van der Waals surface area contributed by atoms with Crippen LogP contribution in [0.5, 0.6) is 0 Å². The minimum absolute atomic E-state index is 0.0869. The number of piperidine rings is 3. The summed E-state index contributed by atoms with van der Waals surface area (Å²) in [7, 11) is 0. The first-order valence-corrected chi connectivity index (χ1v) is 8.43. The zero-order valence-electron chi connectivity index (χ0n) is 13.9. The lowest BCUT2D eigenvalue weighted by atomic mass is 9.71. The van der Waals surface area contributed by atoms with E-state index < -0.39 is 0 Å². The molecule has 3 aliphatic rings. The monoisotopic (exact) mass is 315 g/mol. The third-order valence-corrected chi connectivity index (χ3v) is 5.03. The Labute approximate surface area is 137 Å². The van der Waals surface area contributed by atoms with Crippen LogP contribution in [0.2, 0.25) is 0 Å². The number of benzene rings is 1. The summed E-state index contributed by atoms with van der Waals surface area (Å²) < 4.78 is 0. The highest BCUT2D eigenvalue weighted by Gasteiger charge is 2.44. The Morgan fingerprint density at radius 3 is 2.13 bits per heavy atom. The molecule has 2 N–H and O–H groups in total. The summed E-state index contributed by atoms with van der Waals surface area (Å²) in [5, 5.41) is 5.91. The molecule has 1 aromatic rings. The van der Waals surface area contributed by atoms with Gasteiger partial charge in [-0.05, 0) is 77.0 Å². The molecule has 23 heavy (non-hydrogen) atoms. The van der Waals surface area contributed by atoms with E-state index in [0.29, 0.717) is 5.56 Å².